The maximum Gasteiger partial charge on any atom is 0.253 e. The molecule has 0 radical (unpaired) electrons. The third-order valence-electron chi connectivity index (χ3n) is 4.91. The molecule has 2 rings (SSSR count). The predicted molar refractivity (Wildman–Crippen MR) is 99.0 cm³/mol. The molecule has 6 heteroatoms. The third kappa shape index (κ3) is 5.42. The second-order valence-corrected chi connectivity index (χ2v) is 7.21. The summed E-state index contributed by atoms with van der Waals surface area (Å²) in [6.45, 7) is 4.32. The minimum Gasteiger partial charge on any atom is -0.497 e. The average molecular weight is 349 g/mol. The molecule has 0 saturated carbocycles. The molecule has 1 aliphatic heterocycles. The number of nitrogens with zero attached hydrogens (tertiary/aromatic N) is 3. The Morgan fingerprint density at radius 2 is 1.80 bits per heavy atom. The number of ether oxygens (including phenoxy) is 1. The number of aliphatic hydroxyl groups excluding tert-OH is 1. The monoisotopic (exact) mass is 349 g/mol. The molecule has 1 aliphatic rings. The number of methoxy groups -OCH3 is 1. The van der Waals surface area contributed by atoms with Gasteiger partial charge in [-0.25, -0.2) is 0 Å². The van der Waals surface area contributed by atoms with E-state index in [1.165, 1.54) is 0 Å². The second-order valence-electron chi connectivity index (χ2n) is 7.21. The number of carbonyl (C=O) groups excluding carboxylic acids is 1. The number of aliphatic hydroxyl groups is 1. The molecule has 0 spiro atoms. The highest BCUT2D eigenvalue weighted by atomic mass is 16.5. The minimum atomic E-state index is 0.0274. The van der Waals surface area contributed by atoms with Crippen LogP contribution < -0.4 is 4.74 Å². The maximum absolute atomic E-state index is 12.7. The Balaban J connectivity index is 1.95. The van der Waals surface area contributed by atoms with E-state index < -0.39 is 0 Å². The van der Waals surface area contributed by atoms with Gasteiger partial charge in [0.05, 0.1) is 7.11 Å². The summed E-state index contributed by atoms with van der Waals surface area (Å²) >= 11 is 0. The van der Waals surface area contributed by atoms with Crippen molar-refractivity contribution in [3.05, 3.63) is 29.8 Å². The van der Waals surface area contributed by atoms with Gasteiger partial charge >= 0.3 is 0 Å². The van der Waals surface area contributed by atoms with E-state index in [0.29, 0.717) is 24.6 Å². The topological polar surface area (TPSA) is 56.2 Å². The van der Waals surface area contributed by atoms with Crippen molar-refractivity contribution in [2.75, 3.05) is 67.6 Å². The first-order valence-electron chi connectivity index (χ1n) is 8.82. The van der Waals surface area contributed by atoms with Gasteiger partial charge in [0.2, 0.25) is 0 Å². The number of likely N-dealkylation sites (tertiary alicyclic amines) is 1. The molecule has 2 atom stereocenters. The minimum absolute atomic E-state index is 0.0274. The van der Waals surface area contributed by atoms with Crippen LogP contribution in [0.1, 0.15) is 10.4 Å². The van der Waals surface area contributed by atoms with Crippen molar-refractivity contribution in [1.29, 1.82) is 0 Å². The Kier molecular flexibility index (Phi) is 7.23. The number of carbonyl (C=O) groups is 1. The van der Waals surface area contributed by atoms with Gasteiger partial charge in [-0.3, -0.25) is 4.79 Å². The van der Waals surface area contributed by atoms with Gasteiger partial charge in [-0.05, 0) is 51.3 Å². The van der Waals surface area contributed by atoms with Crippen molar-refractivity contribution in [3.63, 3.8) is 0 Å². The summed E-state index contributed by atoms with van der Waals surface area (Å²) in [7, 11) is 7.84. The fraction of sp³-hybridized carbons (Fsp3) is 0.632. The van der Waals surface area contributed by atoms with Crippen LogP contribution in [-0.4, -0.2) is 93.3 Å². The van der Waals surface area contributed by atoms with Crippen LogP contribution in [-0.2, 0) is 0 Å². The molecule has 1 amide bonds. The SMILES string of the molecule is COc1ccc(C(=O)N2C[C@@H](CN(C)CCN(C)C)[C@@H](CO)C2)cc1. The number of hydrogen-bond acceptors (Lipinski definition) is 5. The van der Waals surface area contributed by atoms with E-state index in [0.717, 1.165) is 25.4 Å². The molecule has 1 heterocycles. The van der Waals surface area contributed by atoms with Gasteiger partial charge < -0.3 is 24.5 Å². The summed E-state index contributed by atoms with van der Waals surface area (Å²) in [4.78, 5) is 19.1. The van der Waals surface area contributed by atoms with Crippen LogP contribution in [0.5, 0.6) is 5.75 Å². The van der Waals surface area contributed by atoms with Crippen LogP contribution in [0.3, 0.4) is 0 Å². The van der Waals surface area contributed by atoms with Gasteiger partial charge in [0.15, 0.2) is 0 Å². The van der Waals surface area contributed by atoms with Crippen molar-refractivity contribution in [2.24, 2.45) is 11.8 Å². The fourth-order valence-electron chi connectivity index (χ4n) is 3.30. The fourth-order valence-corrected chi connectivity index (χ4v) is 3.30. The first kappa shape index (κ1) is 19.7. The molecule has 1 aromatic rings. The highest BCUT2D eigenvalue weighted by molar-refractivity contribution is 5.94. The van der Waals surface area contributed by atoms with Gasteiger partial charge in [-0.1, -0.05) is 0 Å². The van der Waals surface area contributed by atoms with Crippen LogP contribution in [0.15, 0.2) is 24.3 Å². The summed E-state index contributed by atoms with van der Waals surface area (Å²) in [5.41, 5.74) is 0.666. The van der Waals surface area contributed by atoms with E-state index in [2.05, 4.69) is 30.9 Å². The van der Waals surface area contributed by atoms with Gasteiger partial charge in [-0.2, -0.15) is 0 Å². The molecule has 0 bridgehead atoms. The van der Waals surface area contributed by atoms with E-state index in [4.69, 9.17) is 4.74 Å². The van der Waals surface area contributed by atoms with Crippen LogP contribution in [0, 0.1) is 11.8 Å². The van der Waals surface area contributed by atoms with Crippen molar-refractivity contribution < 1.29 is 14.6 Å². The van der Waals surface area contributed by atoms with E-state index in [-0.39, 0.29) is 18.4 Å². The summed E-state index contributed by atoms with van der Waals surface area (Å²) in [5, 5.41) is 9.72. The van der Waals surface area contributed by atoms with E-state index in [9.17, 15) is 9.90 Å². The number of rotatable bonds is 8. The van der Waals surface area contributed by atoms with Gasteiger partial charge in [0.25, 0.3) is 5.91 Å². The van der Waals surface area contributed by atoms with Gasteiger partial charge in [-0.15, -0.1) is 0 Å². The second kappa shape index (κ2) is 9.17. The number of hydrogen-bond donors (Lipinski definition) is 1. The summed E-state index contributed by atoms with van der Waals surface area (Å²) in [6, 6.07) is 7.20. The zero-order valence-electron chi connectivity index (χ0n) is 15.8. The third-order valence-corrected chi connectivity index (χ3v) is 4.91. The van der Waals surface area contributed by atoms with Crippen LogP contribution in [0.2, 0.25) is 0 Å². The first-order chi connectivity index (χ1) is 11.9. The molecule has 1 aromatic carbocycles. The molecule has 1 saturated heterocycles. The molecule has 1 fully saturated rings. The summed E-state index contributed by atoms with van der Waals surface area (Å²) in [6.07, 6.45) is 0. The molecule has 0 unspecified atom stereocenters. The zero-order chi connectivity index (χ0) is 18.4. The van der Waals surface area contributed by atoms with Gasteiger partial charge in [0.1, 0.15) is 5.75 Å². The Bertz CT molecular complexity index is 547. The van der Waals surface area contributed by atoms with Crippen LogP contribution >= 0.6 is 0 Å². The molecular formula is C19H31N3O3. The largest absolute Gasteiger partial charge is 0.497 e. The molecule has 1 N–H and O–H groups in total. The summed E-state index contributed by atoms with van der Waals surface area (Å²) in [5.74, 6) is 1.22. The predicted octanol–water partition coefficient (Wildman–Crippen LogP) is 0.869. The number of benzene rings is 1. The highest BCUT2D eigenvalue weighted by Crippen LogP contribution is 2.26. The normalized spacial score (nSPS) is 20.5. The highest BCUT2D eigenvalue weighted by Gasteiger charge is 2.35. The Morgan fingerprint density at radius 3 is 2.36 bits per heavy atom. The summed E-state index contributed by atoms with van der Waals surface area (Å²) < 4.78 is 5.14. The van der Waals surface area contributed by atoms with Crippen molar-refractivity contribution >= 4 is 5.91 Å². The molecule has 25 heavy (non-hydrogen) atoms. The number of amides is 1. The Labute approximate surface area is 151 Å². The molecule has 6 nitrogen and oxygen atoms in total. The van der Waals surface area contributed by atoms with Crippen LogP contribution in [0.25, 0.3) is 0 Å². The van der Waals surface area contributed by atoms with Crippen molar-refractivity contribution in [3.8, 4) is 5.75 Å². The van der Waals surface area contributed by atoms with Crippen molar-refractivity contribution in [1.82, 2.24) is 14.7 Å². The lowest BCUT2D eigenvalue weighted by molar-refractivity contribution is 0.0779. The number of likely N-dealkylation sites (N-methyl/N-ethyl adjacent to an activating group) is 2. The quantitative estimate of drug-likeness (QED) is 0.755. The first-order valence-corrected chi connectivity index (χ1v) is 8.82. The molecule has 0 aliphatic carbocycles. The molecule has 140 valence electrons. The molecule has 0 aromatic heterocycles. The molecular weight excluding hydrogens is 318 g/mol. The lowest BCUT2D eigenvalue weighted by Gasteiger charge is -2.25. The Morgan fingerprint density at radius 1 is 1.16 bits per heavy atom. The smallest absolute Gasteiger partial charge is 0.253 e. The van der Waals surface area contributed by atoms with Crippen LogP contribution in [0.4, 0.5) is 0 Å². The average Bonchev–Trinajstić information content (AvgIpc) is 3.02. The van der Waals surface area contributed by atoms with Crippen molar-refractivity contribution in [2.45, 2.75) is 0 Å². The standard InChI is InChI=1S/C19H31N3O3/c1-20(2)9-10-21(3)11-16-12-22(13-17(16)14-23)19(24)15-5-7-18(25-4)8-6-15/h5-8,16-17,23H,9-14H2,1-4H3/t16-,17-/m1/s1. The van der Waals surface area contributed by atoms with E-state index in [1.54, 1.807) is 31.4 Å². The van der Waals surface area contributed by atoms with E-state index in [1.807, 2.05) is 4.90 Å². The zero-order valence-corrected chi connectivity index (χ0v) is 15.8. The maximum atomic E-state index is 12.7. The Hall–Kier alpha value is -1.63. The lowest BCUT2D eigenvalue weighted by atomic mass is 9.96. The van der Waals surface area contributed by atoms with E-state index >= 15 is 0 Å². The lowest BCUT2D eigenvalue weighted by Crippen LogP contribution is -2.35. The van der Waals surface area contributed by atoms with Gasteiger partial charge in [0, 0.05) is 50.8 Å².